The molecule has 6 rings (SSSR count). The summed E-state index contributed by atoms with van der Waals surface area (Å²) in [7, 11) is 0. The van der Waals surface area contributed by atoms with Crippen LogP contribution in [-0.4, -0.2) is 5.71 Å². The van der Waals surface area contributed by atoms with Gasteiger partial charge in [0.1, 0.15) is 5.54 Å². The Bertz CT molecular complexity index is 1390. The maximum atomic E-state index is 5.42. The van der Waals surface area contributed by atoms with Gasteiger partial charge in [0, 0.05) is 11.1 Å². The summed E-state index contributed by atoms with van der Waals surface area (Å²) in [5.74, 6) is 0. The molecule has 0 bridgehead atoms. The molecule has 0 aromatic heterocycles. The largest absolute Gasteiger partial charge is 0.245 e. The van der Waals surface area contributed by atoms with Gasteiger partial charge in [-0.2, -0.15) is 5.10 Å². The molecule has 162 valence electrons. The first-order valence-corrected chi connectivity index (χ1v) is 11.6. The fourth-order valence-corrected chi connectivity index (χ4v) is 5.06. The normalized spacial score (nSPS) is 14.2. The molecule has 0 atom stereocenters. The fraction of sp³-hybridized carbons (Fsp3) is 0.0312. The standard InChI is InChI=1S/C32H24N2/c1-5-15-25(16-6-1)31-29-23-13-14-24-30(29)32(26-17-7-2-8-18-26,27-19-9-3-10-20-27)34(33-31)28-21-11-4-12-22-28/h1-24H. The monoisotopic (exact) mass is 436 g/mol. The summed E-state index contributed by atoms with van der Waals surface area (Å²) < 4.78 is 0. The van der Waals surface area contributed by atoms with Crippen molar-refractivity contribution in [1.82, 2.24) is 0 Å². The van der Waals surface area contributed by atoms with Gasteiger partial charge in [0.15, 0.2) is 0 Å². The van der Waals surface area contributed by atoms with Gasteiger partial charge in [-0.1, -0.05) is 133 Å². The lowest BCUT2D eigenvalue weighted by Crippen LogP contribution is -2.49. The molecule has 2 nitrogen and oxygen atoms in total. The summed E-state index contributed by atoms with van der Waals surface area (Å²) in [6.07, 6.45) is 0. The summed E-state index contributed by atoms with van der Waals surface area (Å²) >= 11 is 0. The number of fused-ring (bicyclic) bond motifs is 1. The first-order valence-electron chi connectivity index (χ1n) is 11.6. The minimum absolute atomic E-state index is 0.626. The summed E-state index contributed by atoms with van der Waals surface area (Å²) in [6.45, 7) is 0. The third kappa shape index (κ3) is 3.15. The number of para-hydroxylation sites is 1. The van der Waals surface area contributed by atoms with Crippen molar-refractivity contribution in [2.75, 3.05) is 5.01 Å². The van der Waals surface area contributed by atoms with Crippen LogP contribution >= 0.6 is 0 Å². The predicted molar refractivity (Wildman–Crippen MR) is 140 cm³/mol. The summed E-state index contributed by atoms with van der Waals surface area (Å²) in [5, 5.41) is 7.63. The number of hydrazone groups is 1. The van der Waals surface area contributed by atoms with Crippen molar-refractivity contribution in [3.05, 3.63) is 173 Å². The number of nitrogens with zero attached hydrogens (tertiary/aromatic N) is 2. The smallest absolute Gasteiger partial charge is 0.139 e. The first-order chi connectivity index (χ1) is 16.9. The molecule has 34 heavy (non-hydrogen) atoms. The van der Waals surface area contributed by atoms with Crippen molar-refractivity contribution in [1.29, 1.82) is 0 Å². The van der Waals surface area contributed by atoms with Crippen molar-refractivity contribution >= 4 is 11.4 Å². The van der Waals surface area contributed by atoms with Gasteiger partial charge in [0.05, 0.1) is 11.4 Å². The van der Waals surface area contributed by atoms with Gasteiger partial charge in [-0.3, -0.25) is 0 Å². The predicted octanol–water partition coefficient (Wildman–Crippen LogP) is 7.25. The van der Waals surface area contributed by atoms with Gasteiger partial charge in [-0.25, -0.2) is 5.01 Å². The average Bonchev–Trinajstić information content (AvgIpc) is 2.94. The Morgan fingerprint density at radius 1 is 0.471 bits per heavy atom. The van der Waals surface area contributed by atoms with Crippen LogP contribution in [0.25, 0.3) is 0 Å². The van der Waals surface area contributed by atoms with E-state index in [0.717, 1.165) is 22.5 Å². The van der Waals surface area contributed by atoms with Crippen LogP contribution in [0.4, 0.5) is 5.69 Å². The highest BCUT2D eigenvalue weighted by molar-refractivity contribution is 6.15. The van der Waals surface area contributed by atoms with Crippen molar-refractivity contribution in [3.8, 4) is 0 Å². The van der Waals surface area contributed by atoms with E-state index in [-0.39, 0.29) is 0 Å². The van der Waals surface area contributed by atoms with E-state index in [1.54, 1.807) is 0 Å². The number of hydrogen-bond acceptors (Lipinski definition) is 2. The molecule has 1 aliphatic heterocycles. The number of rotatable bonds is 4. The molecule has 2 heteroatoms. The van der Waals surface area contributed by atoms with Crippen LogP contribution in [0.2, 0.25) is 0 Å². The molecule has 0 N–H and O–H groups in total. The average molecular weight is 437 g/mol. The molecule has 0 amide bonds. The SMILES string of the molecule is c1ccc(C2=NN(c3ccccc3)C(c3ccccc3)(c3ccccc3)c3ccccc32)cc1. The number of hydrogen-bond donors (Lipinski definition) is 0. The van der Waals surface area contributed by atoms with E-state index >= 15 is 0 Å². The highest BCUT2D eigenvalue weighted by Gasteiger charge is 2.47. The Morgan fingerprint density at radius 2 is 0.941 bits per heavy atom. The Balaban J connectivity index is 1.76. The maximum Gasteiger partial charge on any atom is 0.139 e. The van der Waals surface area contributed by atoms with Crippen LogP contribution in [0.1, 0.15) is 27.8 Å². The van der Waals surface area contributed by atoms with Gasteiger partial charge in [0.25, 0.3) is 0 Å². The third-order valence-electron chi connectivity index (χ3n) is 6.52. The lowest BCUT2D eigenvalue weighted by molar-refractivity contribution is 0.564. The third-order valence-corrected chi connectivity index (χ3v) is 6.52. The van der Waals surface area contributed by atoms with Crippen LogP contribution in [0.3, 0.4) is 0 Å². The second-order valence-electron chi connectivity index (χ2n) is 8.45. The summed E-state index contributed by atoms with van der Waals surface area (Å²) in [6, 6.07) is 51.1. The Hall–Kier alpha value is -4.43. The second kappa shape index (κ2) is 8.49. The van der Waals surface area contributed by atoms with Crippen molar-refractivity contribution in [2.45, 2.75) is 5.54 Å². The zero-order valence-electron chi connectivity index (χ0n) is 18.8. The minimum Gasteiger partial charge on any atom is -0.245 e. The summed E-state index contributed by atoms with van der Waals surface area (Å²) in [4.78, 5) is 0. The molecule has 0 radical (unpaired) electrons. The number of benzene rings is 5. The first kappa shape index (κ1) is 20.2. The van der Waals surface area contributed by atoms with E-state index < -0.39 is 5.54 Å². The zero-order chi connectivity index (χ0) is 22.8. The van der Waals surface area contributed by atoms with Gasteiger partial charge < -0.3 is 0 Å². The Morgan fingerprint density at radius 3 is 1.53 bits per heavy atom. The lowest BCUT2D eigenvalue weighted by Gasteiger charge is -2.47. The molecular formula is C32H24N2. The molecule has 1 heterocycles. The van der Waals surface area contributed by atoms with Gasteiger partial charge >= 0.3 is 0 Å². The van der Waals surface area contributed by atoms with E-state index in [1.165, 1.54) is 16.7 Å². The molecule has 0 spiro atoms. The minimum atomic E-state index is -0.626. The van der Waals surface area contributed by atoms with E-state index in [2.05, 4.69) is 145 Å². The van der Waals surface area contributed by atoms with Crippen LogP contribution < -0.4 is 5.01 Å². The zero-order valence-corrected chi connectivity index (χ0v) is 18.8. The molecule has 0 saturated carbocycles. The van der Waals surface area contributed by atoms with Crippen molar-refractivity contribution in [3.63, 3.8) is 0 Å². The van der Waals surface area contributed by atoms with E-state index in [1.807, 2.05) is 6.07 Å². The van der Waals surface area contributed by atoms with E-state index in [0.29, 0.717) is 0 Å². The molecule has 0 unspecified atom stereocenters. The van der Waals surface area contributed by atoms with Gasteiger partial charge in [-0.15, -0.1) is 0 Å². The van der Waals surface area contributed by atoms with Gasteiger partial charge in [0.2, 0.25) is 0 Å². The molecule has 5 aromatic carbocycles. The van der Waals surface area contributed by atoms with Crippen molar-refractivity contribution < 1.29 is 0 Å². The highest BCUT2D eigenvalue weighted by Crippen LogP contribution is 2.48. The highest BCUT2D eigenvalue weighted by atomic mass is 15.5. The molecule has 0 aliphatic carbocycles. The molecule has 5 aromatic rings. The van der Waals surface area contributed by atoms with Gasteiger partial charge in [-0.05, 0) is 28.8 Å². The van der Waals surface area contributed by atoms with E-state index in [4.69, 9.17) is 5.10 Å². The topological polar surface area (TPSA) is 15.6 Å². The lowest BCUT2D eigenvalue weighted by atomic mass is 9.72. The number of anilines is 1. The maximum absolute atomic E-state index is 5.42. The van der Waals surface area contributed by atoms with Crippen molar-refractivity contribution in [2.24, 2.45) is 5.10 Å². The Kier molecular flexibility index (Phi) is 5.04. The van der Waals surface area contributed by atoms with Crippen LogP contribution in [0.5, 0.6) is 0 Å². The van der Waals surface area contributed by atoms with Crippen LogP contribution in [-0.2, 0) is 5.54 Å². The Labute approximate surface area is 200 Å². The molecule has 0 saturated heterocycles. The molecule has 0 fully saturated rings. The quantitative estimate of drug-likeness (QED) is 0.290. The van der Waals surface area contributed by atoms with Crippen LogP contribution in [0.15, 0.2) is 151 Å². The summed E-state index contributed by atoms with van der Waals surface area (Å²) in [5.41, 5.74) is 7.20. The fourth-order valence-electron chi connectivity index (χ4n) is 5.06. The van der Waals surface area contributed by atoms with Crippen LogP contribution in [0, 0.1) is 0 Å². The molecular weight excluding hydrogens is 412 g/mol. The molecule has 1 aliphatic rings. The second-order valence-corrected chi connectivity index (χ2v) is 8.45. The van der Waals surface area contributed by atoms with E-state index in [9.17, 15) is 0 Å².